The summed E-state index contributed by atoms with van der Waals surface area (Å²) in [6.45, 7) is 10.0. The van der Waals surface area contributed by atoms with Crippen LogP contribution < -0.4 is 5.56 Å². The molecule has 5 heteroatoms. The second-order valence-electron chi connectivity index (χ2n) is 8.43. The highest BCUT2D eigenvalue weighted by molar-refractivity contribution is 7.17. The second-order valence-corrected chi connectivity index (χ2v) is 9.29. The number of hydrogen-bond acceptors (Lipinski definition) is 4. The third-order valence-electron chi connectivity index (χ3n) is 5.73. The first-order valence-electron chi connectivity index (χ1n) is 10.5. The quantitative estimate of drug-likeness (QED) is 0.362. The van der Waals surface area contributed by atoms with Gasteiger partial charge >= 0.3 is 0 Å². The van der Waals surface area contributed by atoms with Gasteiger partial charge in [-0.25, -0.2) is 4.98 Å². The molecule has 4 aromatic rings. The lowest BCUT2D eigenvalue weighted by Crippen LogP contribution is -2.29. The van der Waals surface area contributed by atoms with E-state index in [4.69, 9.17) is 4.98 Å². The largest absolute Gasteiger partial charge is 0.292 e. The molecule has 0 spiro atoms. The molecule has 0 atom stereocenters. The lowest BCUT2D eigenvalue weighted by molar-refractivity contribution is 0.0969. The minimum absolute atomic E-state index is 0.0129. The number of fused-ring (bicyclic) bond motifs is 1. The van der Waals surface area contributed by atoms with Crippen LogP contribution >= 0.6 is 11.3 Å². The summed E-state index contributed by atoms with van der Waals surface area (Å²) in [5.41, 5.74) is 5.70. The molecule has 2 aromatic carbocycles. The van der Waals surface area contributed by atoms with E-state index < -0.39 is 0 Å². The number of Topliss-reactive ketones (excluding diaryl/α,β-unsaturated/α-hetero) is 1. The van der Waals surface area contributed by atoms with E-state index in [1.807, 2.05) is 82.5 Å². The number of carbonyl (C=O) groups excluding carboxylic acids is 1. The molecule has 158 valence electrons. The van der Waals surface area contributed by atoms with E-state index in [0.717, 1.165) is 27.1 Å². The molecular weight excluding hydrogens is 404 g/mol. The Kier molecular flexibility index (Phi) is 5.63. The van der Waals surface area contributed by atoms with Gasteiger partial charge in [0.05, 0.1) is 11.9 Å². The predicted octanol–water partition coefficient (Wildman–Crippen LogP) is 6.06. The Morgan fingerprint density at radius 1 is 1.03 bits per heavy atom. The van der Waals surface area contributed by atoms with E-state index in [1.54, 1.807) is 4.57 Å². The summed E-state index contributed by atoms with van der Waals surface area (Å²) in [6.07, 6.45) is 0. The Balaban J connectivity index is 1.85. The van der Waals surface area contributed by atoms with Gasteiger partial charge in [0.2, 0.25) is 0 Å². The number of ketones is 1. The summed E-state index contributed by atoms with van der Waals surface area (Å²) in [4.78, 5) is 32.3. The number of aryl methyl sites for hydroxylation is 3. The van der Waals surface area contributed by atoms with Crippen molar-refractivity contribution in [2.45, 2.75) is 47.1 Å². The standard InChI is InChI=1S/C26H26N2O2S/c1-15(2)24-27-25-23(21(14-31-25)19-9-6-16(3)7-10-19)26(30)28(24)13-22(29)20-11-8-17(4)18(5)12-20/h6-12,14-15H,13H2,1-5H3. The van der Waals surface area contributed by atoms with Crippen molar-refractivity contribution in [2.75, 3.05) is 0 Å². The summed E-state index contributed by atoms with van der Waals surface area (Å²) in [6, 6.07) is 13.8. The third-order valence-corrected chi connectivity index (χ3v) is 6.61. The second kappa shape index (κ2) is 8.23. The Morgan fingerprint density at radius 2 is 1.74 bits per heavy atom. The zero-order chi connectivity index (χ0) is 22.3. The first-order valence-corrected chi connectivity index (χ1v) is 11.3. The summed E-state index contributed by atoms with van der Waals surface area (Å²) >= 11 is 1.48. The molecule has 0 saturated carbocycles. The van der Waals surface area contributed by atoms with Crippen LogP contribution in [-0.2, 0) is 6.54 Å². The van der Waals surface area contributed by atoms with Crippen molar-refractivity contribution in [1.82, 2.24) is 9.55 Å². The van der Waals surface area contributed by atoms with Gasteiger partial charge in [0.1, 0.15) is 10.7 Å². The van der Waals surface area contributed by atoms with Gasteiger partial charge in [-0.15, -0.1) is 11.3 Å². The summed E-state index contributed by atoms with van der Waals surface area (Å²) in [5.74, 6) is 0.585. The lowest BCUT2D eigenvalue weighted by atomic mass is 10.0. The molecule has 0 amide bonds. The normalized spacial score (nSPS) is 11.4. The van der Waals surface area contributed by atoms with E-state index in [0.29, 0.717) is 16.8 Å². The zero-order valence-corrected chi connectivity index (χ0v) is 19.3. The van der Waals surface area contributed by atoms with E-state index in [1.165, 1.54) is 16.9 Å². The van der Waals surface area contributed by atoms with Crippen molar-refractivity contribution < 1.29 is 4.79 Å². The summed E-state index contributed by atoms with van der Waals surface area (Å²) < 4.78 is 1.56. The van der Waals surface area contributed by atoms with Crippen molar-refractivity contribution in [3.05, 3.63) is 86.3 Å². The minimum atomic E-state index is -0.150. The van der Waals surface area contributed by atoms with E-state index in [-0.39, 0.29) is 23.8 Å². The van der Waals surface area contributed by atoms with Crippen molar-refractivity contribution >= 4 is 27.3 Å². The van der Waals surface area contributed by atoms with Gasteiger partial charge in [-0.2, -0.15) is 0 Å². The fourth-order valence-electron chi connectivity index (χ4n) is 3.73. The van der Waals surface area contributed by atoms with Crippen LogP contribution in [0.2, 0.25) is 0 Å². The average molecular weight is 431 g/mol. The van der Waals surface area contributed by atoms with Gasteiger partial charge in [0, 0.05) is 22.4 Å². The van der Waals surface area contributed by atoms with Crippen LogP contribution in [0.5, 0.6) is 0 Å². The smallest absolute Gasteiger partial charge is 0.263 e. The zero-order valence-electron chi connectivity index (χ0n) is 18.5. The molecule has 0 N–H and O–H groups in total. The molecule has 4 rings (SSSR count). The van der Waals surface area contributed by atoms with Gasteiger partial charge in [-0.05, 0) is 43.5 Å². The fourth-order valence-corrected chi connectivity index (χ4v) is 4.67. The Bertz CT molecular complexity index is 1340. The minimum Gasteiger partial charge on any atom is -0.292 e. The maximum Gasteiger partial charge on any atom is 0.263 e. The van der Waals surface area contributed by atoms with Gasteiger partial charge < -0.3 is 0 Å². The van der Waals surface area contributed by atoms with Crippen LogP contribution in [0.1, 0.15) is 52.6 Å². The Hall–Kier alpha value is -3.05. The molecule has 0 saturated heterocycles. The molecule has 2 heterocycles. The molecule has 0 aliphatic carbocycles. The van der Waals surface area contributed by atoms with Crippen molar-refractivity contribution in [1.29, 1.82) is 0 Å². The van der Waals surface area contributed by atoms with Crippen LogP contribution in [0.15, 0.2) is 52.6 Å². The third kappa shape index (κ3) is 3.98. The number of aromatic nitrogens is 2. The van der Waals surface area contributed by atoms with Crippen LogP contribution in [0.4, 0.5) is 0 Å². The molecule has 0 radical (unpaired) electrons. The molecule has 0 bridgehead atoms. The number of thiophene rings is 1. The fraction of sp³-hybridized carbons (Fsp3) is 0.269. The lowest BCUT2D eigenvalue weighted by Gasteiger charge is -2.15. The molecular formula is C26H26N2O2S. The number of nitrogens with zero attached hydrogens (tertiary/aromatic N) is 2. The Morgan fingerprint density at radius 3 is 2.39 bits per heavy atom. The topological polar surface area (TPSA) is 52.0 Å². The highest BCUT2D eigenvalue weighted by Crippen LogP contribution is 2.32. The number of carbonyl (C=O) groups is 1. The highest BCUT2D eigenvalue weighted by Gasteiger charge is 2.21. The predicted molar refractivity (Wildman–Crippen MR) is 128 cm³/mol. The maximum atomic E-state index is 13.6. The molecule has 0 unspecified atom stereocenters. The molecule has 0 aliphatic heterocycles. The van der Waals surface area contributed by atoms with E-state index in [2.05, 4.69) is 0 Å². The average Bonchev–Trinajstić information content (AvgIpc) is 3.16. The summed E-state index contributed by atoms with van der Waals surface area (Å²) in [5, 5.41) is 2.58. The first kappa shape index (κ1) is 21.2. The number of hydrogen-bond donors (Lipinski definition) is 0. The van der Waals surface area contributed by atoms with Crippen molar-refractivity contribution in [3.63, 3.8) is 0 Å². The van der Waals surface area contributed by atoms with E-state index in [9.17, 15) is 9.59 Å². The van der Waals surface area contributed by atoms with Gasteiger partial charge in [0.25, 0.3) is 5.56 Å². The molecule has 0 fully saturated rings. The number of rotatable bonds is 5. The Labute approximate surface area is 186 Å². The van der Waals surface area contributed by atoms with Crippen molar-refractivity contribution in [3.8, 4) is 11.1 Å². The van der Waals surface area contributed by atoms with Crippen molar-refractivity contribution in [2.24, 2.45) is 0 Å². The number of benzene rings is 2. The monoisotopic (exact) mass is 430 g/mol. The van der Waals surface area contributed by atoms with Crippen LogP contribution in [0, 0.1) is 20.8 Å². The van der Waals surface area contributed by atoms with Crippen LogP contribution in [-0.4, -0.2) is 15.3 Å². The van der Waals surface area contributed by atoms with Gasteiger partial charge in [-0.3, -0.25) is 14.2 Å². The SMILES string of the molecule is Cc1ccc(-c2csc3nc(C(C)C)n(CC(=O)c4ccc(C)c(C)c4)c(=O)c23)cc1. The van der Waals surface area contributed by atoms with E-state index >= 15 is 0 Å². The molecule has 0 aliphatic rings. The first-order chi connectivity index (χ1) is 14.8. The maximum absolute atomic E-state index is 13.6. The van der Waals surface area contributed by atoms with Crippen LogP contribution in [0.3, 0.4) is 0 Å². The molecule has 4 nitrogen and oxygen atoms in total. The summed E-state index contributed by atoms with van der Waals surface area (Å²) in [7, 11) is 0. The van der Waals surface area contributed by atoms with Crippen LogP contribution in [0.25, 0.3) is 21.3 Å². The molecule has 31 heavy (non-hydrogen) atoms. The highest BCUT2D eigenvalue weighted by atomic mass is 32.1. The van der Waals surface area contributed by atoms with Gasteiger partial charge in [0.15, 0.2) is 5.78 Å². The van der Waals surface area contributed by atoms with Gasteiger partial charge in [-0.1, -0.05) is 55.8 Å². The molecule has 2 aromatic heterocycles.